The molecule has 0 aromatic carbocycles. The van der Waals surface area contributed by atoms with Crippen LogP contribution in [0.15, 0.2) is 4.42 Å². The molecule has 0 aliphatic carbocycles. The molecule has 0 aliphatic rings. The monoisotopic (exact) mass is 233 g/mol. The second kappa shape index (κ2) is 4.71. The van der Waals surface area contributed by atoms with Gasteiger partial charge in [-0.1, -0.05) is 13.8 Å². The first kappa shape index (κ1) is 12.1. The Kier molecular flexibility index (Phi) is 3.81. The lowest BCUT2D eigenvalue weighted by atomic mass is 10.2. The van der Waals surface area contributed by atoms with Crippen LogP contribution in [-0.4, -0.2) is 24.4 Å². The quantitative estimate of drug-likeness (QED) is 0.806. The SMILES string of the molecule is CCS(=O)(=O)NCc1nnc(C(C)C)o1. The lowest BCUT2D eigenvalue weighted by molar-refractivity contribution is 0.427. The molecule has 1 aromatic rings. The molecular formula is C8H15N3O3S. The molecule has 0 bridgehead atoms. The lowest BCUT2D eigenvalue weighted by Gasteiger charge is -2.00. The predicted molar refractivity (Wildman–Crippen MR) is 54.7 cm³/mol. The average Bonchev–Trinajstić information content (AvgIpc) is 2.63. The Morgan fingerprint density at radius 3 is 2.53 bits per heavy atom. The van der Waals surface area contributed by atoms with E-state index in [1.54, 1.807) is 6.92 Å². The van der Waals surface area contributed by atoms with Crippen LogP contribution in [-0.2, 0) is 16.6 Å². The number of hydrogen-bond donors (Lipinski definition) is 1. The van der Waals surface area contributed by atoms with Gasteiger partial charge in [0.05, 0.1) is 12.3 Å². The van der Waals surface area contributed by atoms with E-state index >= 15 is 0 Å². The molecule has 86 valence electrons. The molecule has 1 heterocycles. The van der Waals surface area contributed by atoms with Gasteiger partial charge in [-0.2, -0.15) is 0 Å². The minimum Gasteiger partial charge on any atom is -0.424 e. The molecule has 0 amide bonds. The van der Waals surface area contributed by atoms with Crippen LogP contribution in [0.25, 0.3) is 0 Å². The van der Waals surface area contributed by atoms with Crippen LogP contribution in [0.4, 0.5) is 0 Å². The summed E-state index contributed by atoms with van der Waals surface area (Å²) in [6.45, 7) is 5.46. The molecular weight excluding hydrogens is 218 g/mol. The molecule has 0 fully saturated rings. The second-order valence-electron chi connectivity index (χ2n) is 3.41. The fourth-order valence-corrected chi connectivity index (χ4v) is 1.39. The van der Waals surface area contributed by atoms with E-state index in [-0.39, 0.29) is 24.1 Å². The third-order valence-corrected chi connectivity index (χ3v) is 3.14. The van der Waals surface area contributed by atoms with E-state index < -0.39 is 10.0 Å². The van der Waals surface area contributed by atoms with Gasteiger partial charge in [-0.3, -0.25) is 0 Å². The first-order chi connectivity index (χ1) is 6.94. The van der Waals surface area contributed by atoms with Crippen molar-refractivity contribution in [1.82, 2.24) is 14.9 Å². The number of hydrogen-bond acceptors (Lipinski definition) is 5. The summed E-state index contributed by atoms with van der Waals surface area (Å²) in [6, 6.07) is 0. The summed E-state index contributed by atoms with van der Waals surface area (Å²) in [5, 5.41) is 7.52. The van der Waals surface area contributed by atoms with Gasteiger partial charge in [-0.05, 0) is 6.92 Å². The molecule has 7 heteroatoms. The highest BCUT2D eigenvalue weighted by Gasteiger charge is 2.12. The Hall–Kier alpha value is -0.950. The summed E-state index contributed by atoms with van der Waals surface area (Å²) in [4.78, 5) is 0. The Balaban J connectivity index is 2.59. The second-order valence-corrected chi connectivity index (χ2v) is 5.51. The third kappa shape index (κ3) is 3.60. The molecule has 0 unspecified atom stereocenters. The Morgan fingerprint density at radius 1 is 1.40 bits per heavy atom. The summed E-state index contributed by atoms with van der Waals surface area (Å²) in [5.74, 6) is 0.989. The molecule has 0 radical (unpaired) electrons. The van der Waals surface area contributed by atoms with Crippen molar-refractivity contribution >= 4 is 10.0 Å². The minimum atomic E-state index is -3.21. The molecule has 1 aromatic heterocycles. The van der Waals surface area contributed by atoms with Crippen molar-refractivity contribution in [3.05, 3.63) is 11.8 Å². The zero-order chi connectivity index (χ0) is 11.5. The molecule has 1 rings (SSSR count). The van der Waals surface area contributed by atoms with Crippen molar-refractivity contribution in [2.24, 2.45) is 0 Å². The van der Waals surface area contributed by atoms with Gasteiger partial charge < -0.3 is 4.42 Å². The minimum absolute atomic E-state index is 0.0399. The van der Waals surface area contributed by atoms with Gasteiger partial charge in [0.2, 0.25) is 21.8 Å². The van der Waals surface area contributed by atoms with E-state index in [0.29, 0.717) is 5.89 Å². The number of aromatic nitrogens is 2. The van der Waals surface area contributed by atoms with Gasteiger partial charge in [-0.15, -0.1) is 10.2 Å². The fraction of sp³-hybridized carbons (Fsp3) is 0.750. The third-order valence-electron chi connectivity index (χ3n) is 1.80. The van der Waals surface area contributed by atoms with Crippen LogP contribution in [0, 0.1) is 0 Å². The molecule has 6 nitrogen and oxygen atoms in total. The van der Waals surface area contributed by atoms with E-state index in [4.69, 9.17) is 4.42 Å². The Bertz CT molecular complexity index is 411. The van der Waals surface area contributed by atoms with E-state index in [0.717, 1.165) is 0 Å². The highest BCUT2D eigenvalue weighted by Crippen LogP contribution is 2.11. The van der Waals surface area contributed by atoms with Gasteiger partial charge in [0.25, 0.3) is 0 Å². The zero-order valence-electron chi connectivity index (χ0n) is 9.02. The highest BCUT2D eigenvalue weighted by molar-refractivity contribution is 7.89. The van der Waals surface area contributed by atoms with E-state index in [9.17, 15) is 8.42 Å². The number of nitrogens with zero attached hydrogens (tertiary/aromatic N) is 2. The van der Waals surface area contributed by atoms with Crippen LogP contribution in [0.5, 0.6) is 0 Å². The summed E-state index contributed by atoms with van der Waals surface area (Å²) in [5.41, 5.74) is 0. The van der Waals surface area contributed by atoms with E-state index in [2.05, 4.69) is 14.9 Å². The normalized spacial score (nSPS) is 12.3. The van der Waals surface area contributed by atoms with Crippen LogP contribution < -0.4 is 4.72 Å². The van der Waals surface area contributed by atoms with Gasteiger partial charge in [0.15, 0.2) is 0 Å². The number of nitrogens with one attached hydrogen (secondary N) is 1. The van der Waals surface area contributed by atoms with Crippen LogP contribution in [0.2, 0.25) is 0 Å². The van der Waals surface area contributed by atoms with Gasteiger partial charge in [-0.25, -0.2) is 13.1 Å². The predicted octanol–water partition coefficient (Wildman–Crippen LogP) is 0.632. The standard InChI is InChI=1S/C8H15N3O3S/c1-4-15(12,13)9-5-7-10-11-8(14-7)6(2)3/h6,9H,4-5H2,1-3H3. The maximum absolute atomic E-state index is 11.1. The molecule has 0 spiro atoms. The molecule has 0 aliphatic heterocycles. The summed E-state index contributed by atoms with van der Waals surface area (Å²) >= 11 is 0. The van der Waals surface area contributed by atoms with Crippen molar-refractivity contribution in [3.8, 4) is 0 Å². The van der Waals surface area contributed by atoms with Crippen molar-refractivity contribution < 1.29 is 12.8 Å². The number of sulfonamides is 1. The lowest BCUT2D eigenvalue weighted by Crippen LogP contribution is -2.24. The zero-order valence-corrected chi connectivity index (χ0v) is 9.84. The van der Waals surface area contributed by atoms with E-state index in [1.165, 1.54) is 0 Å². The summed E-state index contributed by atoms with van der Waals surface area (Å²) < 4.78 is 29.8. The number of rotatable bonds is 5. The van der Waals surface area contributed by atoms with Crippen molar-refractivity contribution in [1.29, 1.82) is 0 Å². The van der Waals surface area contributed by atoms with E-state index in [1.807, 2.05) is 13.8 Å². The smallest absolute Gasteiger partial charge is 0.231 e. The van der Waals surface area contributed by atoms with Gasteiger partial charge in [0.1, 0.15) is 0 Å². The summed E-state index contributed by atoms with van der Waals surface area (Å²) in [7, 11) is -3.21. The van der Waals surface area contributed by atoms with Crippen molar-refractivity contribution in [2.75, 3.05) is 5.75 Å². The molecule has 0 atom stereocenters. The van der Waals surface area contributed by atoms with Gasteiger partial charge >= 0.3 is 0 Å². The topological polar surface area (TPSA) is 85.1 Å². The largest absolute Gasteiger partial charge is 0.424 e. The maximum Gasteiger partial charge on any atom is 0.231 e. The fourth-order valence-electron chi connectivity index (χ4n) is 0.845. The first-order valence-corrected chi connectivity index (χ1v) is 6.39. The molecule has 1 N–H and O–H groups in total. The summed E-state index contributed by atoms with van der Waals surface area (Å²) in [6.07, 6.45) is 0. The molecule has 0 saturated heterocycles. The van der Waals surface area contributed by atoms with Crippen LogP contribution >= 0.6 is 0 Å². The van der Waals surface area contributed by atoms with Crippen LogP contribution in [0.1, 0.15) is 38.5 Å². The van der Waals surface area contributed by atoms with Crippen LogP contribution in [0.3, 0.4) is 0 Å². The molecule has 0 saturated carbocycles. The van der Waals surface area contributed by atoms with Gasteiger partial charge in [0, 0.05) is 5.92 Å². The highest BCUT2D eigenvalue weighted by atomic mass is 32.2. The Labute approximate surface area is 89.1 Å². The van der Waals surface area contributed by atoms with Crippen molar-refractivity contribution in [3.63, 3.8) is 0 Å². The molecule has 15 heavy (non-hydrogen) atoms. The maximum atomic E-state index is 11.1. The van der Waals surface area contributed by atoms with Crippen molar-refractivity contribution in [2.45, 2.75) is 33.2 Å². The average molecular weight is 233 g/mol. The Morgan fingerprint density at radius 2 is 2.07 bits per heavy atom. The first-order valence-electron chi connectivity index (χ1n) is 4.74.